The molecular formula is C26H30O3S. The average Bonchev–Trinajstić information content (AvgIpc) is 2.73. The lowest BCUT2D eigenvalue weighted by Crippen LogP contribution is -1.98. The van der Waals surface area contributed by atoms with E-state index in [-0.39, 0.29) is 11.5 Å². The number of hydrogen-bond donors (Lipinski definition) is 2. The molecule has 30 heavy (non-hydrogen) atoms. The van der Waals surface area contributed by atoms with Crippen LogP contribution < -0.4 is 0 Å². The zero-order valence-electron chi connectivity index (χ0n) is 17.7. The monoisotopic (exact) mass is 422 g/mol. The van der Waals surface area contributed by atoms with Crippen molar-refractivity contribution in [2.75, 3.05) is 0 Å². The van der Waals surface area contributed by atoms with Crippen LogP contribution in [-0.2, 0) is 10.8 Å². The molecule has 2 bridgehead atoms. The number of aromatic hydroxyl groups is 2. The molecule has 2 aromatic rings. The molecule has 3 nitrogen and oxygen atoms in total. The number of benzene rings is 2. The lowest BCUT2D eigenvalue weighted by molar-refractivity contribution is 0.457. The van der Waals surface area contributed by atoms with Crippen LogP contribution in [-0.4, -0.2) is 14.4 Å². The fourth-order valence-corrected chi connectivity index (χ4v) is 4.80. The Kier molecular flexibility index (Phi) is 7.69. The maximum absolute atomic E-state index is 13.4. The van der Waals surface area contributed by atoms with E-state index in [4.69, 9.17) is 0 Å². The van der Waals surface area contributed by atoms with Gasteiger partial charge in [0.25, 0.3) is 0 Å². The molecule has 1 atom stereocenters. The maximum Gasteiger partial charge on any atom is 0.124 e. The van der Waals surface area contributed by atoms with E-state index in [2.05, 4.69) is 18.2 Å². The summed E-state index contributed by atoms with van der Waals surface area (Å²) in [6, 6.07) is 10.7. The second-order valence-electron chi connectivity index (χ2n) is 7.76. The zero-order valence-corrected chi connectivity index (χ0v) is 18.5. The molecule has 0 spiro atoms. The van der Waals surface area contributed by atoms with Crippen LogP contribution in [0.5, 0.6) is 11.5 Å². The van der Waals surface area contributed by atoms with E-state index in [1.807, 2.05) is 44.2 Å². The first kappa shape index (κ1) is 22.1. The minimum atomic E-state index is -1.46. The van der Waals surface area contributed by atoms with Gasteiger partial charge in [-0.1, -0.05) is 42.0 Å². The van der Waals surface area contributed by atoms with Crippen LogP contribution in [0.3, 0.4) is 0 Å². The molecule has 158 valence electrons. The summed E-state index contributed by atoms with van der Waals surface area (Å²) in [7, 11) is -1.46. The molecule has 0 radical (unpaired) electrons. The normalized spacial score (nSPS) is 21.3. The van der Waals surface area contributed by atoms with Crippen molar-refractivity contribution in [1.82, 2.24) is 0 Å². The highest BCUT2D eigenvalue weighted by molar-refractivity contribution is 7.94. The number of fused-ring (bicyclic) bond motifs is 10. The van der Waals surface area contributed by atoms with Gasteiger partial charge in [-0.15, -0.1) is 0 Å². The molecule has 2 N–H and O–H groups in total. The molecule has 2 aromatic carbocycles. The van der Waals surface area contributed by atoms with Crippen LogP contribution in [0.25, 0.3) is 10.5 Å². The number of phenolic OH excluding ortho intramolecular Hbond substituents is 2. The Balaban J connectivity index is 2.07. The molecule has 0 amide bonds. The van der Waals surface area contributed by atoms with E-state index in [1.54, 1.807) is 12.1 Å². The van der Waals surface area contributed by atoms with Crippen LogP contribution in [0.15, 0.2) is 65.6 Å². The van der Waals surface area contributed by atoms with Crippen LogP contribution >= 0.6 is 0 Å². The van der Waals surface area contributed by atoms with Crippen LogP contribution in [0, 0.1) is 6.92 Å². The van der Waals surface area contributed by atoms with Crippen molar-refractivity contribution in [2.24, 2.45) is 0 Å². The third-order valence-electron chi connectivity index (χ3n) is 5.34. The number of rotatable bonds is 2. The van der Waals surface area contributed by atoms with Crippen LogP contribution in [0.1, 0.15) is 62.1 Å². The largest absolute Gasteiger partial charge is 0.507 e. The summed E-state index contributed by atoms with van der Waals surface area (Å²) < 4.78 is 13.4. The molecule has 0 saturated heterocycles. The molecule has 4 heteroatoms. The van der Waals surface area contributed by atoms with Crippen molar-refractivity contribution < 1.29 is 14.4 Å². The third kappa shape index (κ3) is 5.51. The standard InChI is InChI=1S/C26H30O3S/c1-19-13-15-21(16-14-19)30(29)26-12-10-8-6-4-3-5-7-9-11-20(2)22-17-25(28)23(26)18-24(22)27/h3-4,11-18,27-28H,5-10H2,1-2H3/b4-3-,20-11-,26-12+. The van der Waals surface area contributed by atoms with E-state index >= 15 is 0 Å². The Bertz CT molecular complexity index is 998. The summed E-state index contributed by atoms with van der Waals surface area (Å²) in [5, 5.41) is 21.5. The van der Waals surface area contributed by atoms with E-state index in [1.165, 1.54) is 0 Å². The van der Waals surface area contributed by atoms with Crippen molar-refractivity contribution in [3.63, 3.8) is 0 Å². The van der Waals surface area contributed by atoms with Gasteiger partial charge in [-0.3, -0.25) is 0 Å². The first-order chi connectivity index (χ1) is 14.5. The van der Waals surface area contributed by atoms with Crippen molar-refractivity contribution in [3.05, 3.63) is 77.4 Å². The van der Waals surface area contributed by atoms with Gasteiger partial charge in [0.05, 0.1) is 15.7 Å². The van der Waals surface area contributed by atoms with Crippen molar-refractivity contribution in [3.8, 4) is 11.5 Å². The zero-order chi connectivity index (χ0) is 21.5. The second-order valence-corrected chi connectivity index (χ2v) is 9.21. The minimum Gasteiger partial charge on any atom is -0.507 e. The van der Waals surface area contributed by atoms with Gasteiger partial charge in [0, 0.05) is 16.0 Å². The molecule has 0 fully saturated rings. The van der Waals surface area contributed by atoms with Crippen molar-refractivity contribution in [2.45, 2.75) is 57.3 Å². The van der Waals surface area contributed by atoms with Gasteiger partial charge < -0.3 is 10.2 Å². The summed E-state index contributed by atoms with van der Waals surface area (Å²) in [5.74, 6) is 0.129. The fourth-order valence-electron chi connectivity index (χ4n) is 3.53. The van der Waals surface area contributed by atoms with Crippen molar-refractivity contribution >= 4 is 21.3 Å². The summed E-state index contributed by atoms with van der Waals surface area (Å²) >= 11 is 0. The van der Waals surface area contributed by atoms with E-state index < -0.39 is 10.8 Å². The second kappa shape index (κ2) is 10.4. The molecule has 2 aliphatic carbocycles. The number of aryl methyl sites for hydroxylation is 1. The topological polar surface area (TPSA) is 57.5 Å². The van der Waals surface area contributed by atoms with E-state index in [9.17, 15) is 14.4 Å². The highest BCUT2D eigenvalue weighted by atomic mass is 32.2. The maximum atomic E-state index is 13.4. The smallest absolute Gasteiger partial charge is 0.124 e. The van der Waals surface area contributed by atoms with Gasteiger partial charge >= 0.3 is 0 Å². The van der Waals surface area contributed by atoms with E-state index in [0.717, 1.165) is 49.7 Å². The predicted octanol–water partition coefficient (Wildman–Crippen LogP) is 6.87. The number of hydrogen-bond acceptors (Lipinski definition) is 3. The van der Waals surface area contributed by atoms with Gasteiger partial charge in [0.2, 0.25) is 0 Å². The lowest BCUT2D eigenvalue weighted by Gasteiger charge is -2.14. The molecule has 0 aliphatic heterocycles. The van der Waals surface area contributed by atoms with Gasteiger partial charge in [-0.05, 0) is 82.2 Å². The molecule has 1 unspecified atom stereocenters. The molecule has 4 rings (SSSR count). The molecular weight excluding hydrogens is 392 g/mol. The lowest BCUT2D eigenvalue weighted by atomic mass is 10.0. The Morgan fingerprint density at radius 2 is 1.33 bits per heavy atom. The Labute approximate surface area is 181 Å². The molecule has 0 aromatic heterocycles. The van der Waals surface area contributed by atoms with Crippen molar-refractivity contribution in [1.29, 1.82) is 0 Å². The highest BCUT2D eigenvalue weighted by Crippen LogP contribution is 2.38. The minimum absolute atomic E-state index is 0.0363. The Morgan fingerprint density at radius 3 is 2.00 bits per heavy atom. The first-order valence-electron chi connectivity index (χ1n) is 10.5. The van der Waals surface area contributed by atoms with Gasteiger partial charge in [0.15, 0.2) is 0 Å². The summed E-state index contributed by atoms with van der Waals surface area (Å²) in [5.41, 5.74) is 3.06. The van der Waals surface area contributed by atoms with Gasteiger partial charge in [-0.2, -0.15) is 0 Å². The van der Waals surface area contributed by atoms with Crippen LogP contribution in [0.2, 0.25) is 0 Å². The van der Waals surface area contributed by atoms with Crippen LogP contribution in [0.4, 0.5) is 0 Å². The number of phenols is 2. The summed E-state index contributed by atoms with van der Waals surface area (Å²) in [6.45, 7) is 3.93. The molecule has 2 aliphatic rings. The summed E-state index contributed by atoms with van der Waals surface area (Å²) in [6.07, 6.45) is 14.1. The SMILES string of the molecule is C/C1=C/CCC/C=C\CCC/C=C(/S(=O)c2ccc(C)cc2)c2cc(O)c1cc2O. The molecule has 0 saturated carbocycles. The predicted molar refractivity (Wildman–Crippen MR) is 126 cm³/mol. The first-order valence-corrected chi connectivity index (χ1v) is 11.7. The fraction of sp³-hybridized carbons (Fsp3) is 0.308. The number of allylic oxidation sites excluding steroid dienone is 5. The van der Waals surface area contributed by atoms with E-state index in [0.29, 0.717) is 20.9 Å². The highest BCUT2D eigenvalue weighted by Gasteiger charge is 2.19. The Morgan fingerprint density at radius 1 is 0.767 bits per heavy atom. The Hall–Kier alpha value is -2.59. The average molecular weight is 423 g/mol. The molecule has 0 heterocycles. The third-order valence-corrected chi connectivity index (χ3v) is 6.82. The summed E-state index contributed by atoms with van der Waals surface area (Å²) in [4.78, 5) is 1.22. The quantitative estimate of drug-likeness (QED) is 0.410. The van der Waals surface area contributed by atoms with Gasteiger partial charge in [-0.25, -0.2) is 4.21 Å². The van der Waals surface area contributed by atoms with Gasteiger partial charge in [0.1, 0.15) is 11.5 Å².